The van der Waals surface area contributed by atoms with Crippen molar-refractivity contribution >= 4 is 0 Å². The van der Waals surface area contributed by atoms with Gasteiger partial charge in [-0.3, -0.25) is 0 Å². The molecule has 0 saturated heterocycles. The Morgan fingerprint density at radius 1 is 1.04 bits per heavy atom. The average molecular weight is 314 g/mol. The molecule has 0 amide bonds. The van der Waals surface area contributed by atoms with Crippen molar-refractivity contribution in [1.29, 1.82) is 0 Å². The van der Waals surface area contributed by atoms with Crippen LogP contribution in [0.4, 0.5) is 4.39 Å². The van der Waals surface area contributed by atoms with E-state index in [1.165, 1.54) is 12.1 Å². The second-order valence-corrected chi connectivity index (χ2v) is 5.28. The van der Waals surface area contributed by atoms with Gasteiger partial charge in [0.2, 0.25) is 0 Å². The van der Waals surface area contributed by atoms with Gasteiger partial charge in [-0.25, -0.2) is 4.39 Å². The summed E-state index contributed by atoms with van der Waals surface area (Å²) in [5.74, 6) is 6.46. The van der Waals surface area contributed by atoms with Gasteiger partial charge >= 0.3 is 0 Å². The molecule has 0 saturated carbocycles. The molecule has 0 spiro atoms. The van der Waals surface area contributed by atoms with Gasteiger partial charge in [0.25, 0.3) is 0 Å². The molecule has 2 aromatic rings. The van der Waals surface area contributed by atoms with Crippen LogP contribution in [0.2, 0.25) is 0 Å². The largest absolute Gasteiger partial charge is 0.457 e. The number of ether oxygens (including phenoxy) is 1. The van der Waals surface area contributed by atoms with Crippen LogP contribution in [0.25, 0.3) is 0 Å². The van der Waals surface area contributed by atoms with Gasteiger partial charge in [-0.1, -0.05) is 24.0 Å². The van der Waals surface area contributed by atoms with Gasteiger partial charge in [0.1, 0.15) is 22.9 Å². The number of hydrogen-bond acceptors (Lipinski definition) is 3. The van der Waals surface area contributed by atoms with E-state index in [1.807, 2.05) is 0 Å². The zero-order valence-electron chi connectivity index (χ0n) is 12.9. The number of unbranched alkanes of at least 4 members (excludes halogenated alkanes) is 1. The fraction of sp³-hybridized carbons (Fsp3) is 0.263. The van der Waals surface area contributed by atoms with Crippen LogP contribution in [0.15, 0.2) is 48.5 Å². The van der Waals surface area contributed by atoms with E-state index in [4.69, 9.17) is 9.84 Å². The highest BCUT2D eigenvalue weighted by molar-refractivity contribution is 5.37. The van der Waals surface area contributed by atoms with Crippen LogP contribution in [0, 0.1) is 17.7 Å². The second-order valence-electron chi connectivity index (χ2n) is 5.28. The minimum absolute atomic E-state index is 0.0895. The van der Waals surface area contributed by atoms with Gasteiger partial charge in [-0.2, -0.15) is 0 Å². The van der Waals surface area contributed by atoms with Crippen molar-refractivity contribution < 1.29 is 19.3 Å². The lowest BCUT2D eigenvalue weighted by Gasteiger charge is -2.17. The molecule has 4 heteroatoms. The number of hydrogen-bond donors (Lipinski definition) is 2. The Balaban J connectivity index is 2.05. The second kappa shape index (κ2) is 7.77. The summed E-state index contributed by atoms with van der Waals surface area (Å²) in [5.41, 5.74) is -0.607. The molecule has 0 heterocycles. The molecule has 0 bridgehead atoms. The maximum atomic E-state index is 12.8. The summed E-state index contributed by atoms with van der Waals surface area (Å²) in [4.78, 5) is 0. The van der Waals surface area contributed by atoms with Crippen LogP contribution in [-0.4, -0.2) is 16.8 Å². The molecular formula is C19H19FO3. The van der Waals surface area contributed by atoms with Gasteiger partial charge in [0, 0.05) is 13.0 Å². The van der Waals surface area contributed by atoms with Crippen molar-refractivity contribution in [2.45, 2.75) is 25.4 Å². The smallest absolute Gasteiger partial charge is 0.148 e. The first-order valence-electron chi connectivity index (χ1n) is 7.38. The van der Waals surface area contributed by atoms with E-state index in [-0.39, 0.29) is 12.4 Å². The predicted molar refractivity (Wildman–Crippen MR) is 86.6 cm³/mol. The van der Waals surface area contributed by atoms with E-state index in [1.54, 1.807) is 43.3 Å². The van der Waals surface area contributed by atoms with E-state index in [2.05, 4.69) is 11.8 Å². The third kappa shape index (κ3) is 5.10. The lowest BCUT2D eigenvalue weighted by atomic mass is 9.96. The minimum Gasteiger partial charge on any atom is -0.457 e. The predicted octanol–water partition coefficient (Wildman–Crippen LogP) is 3.60. The molecule has 0 fully saturated rings. The Hall–Kier alpha value is -2.35. The Labute approximate surface area is 135 Å². The molecule has 2 N–H and O–H groups in total. The summed E-state index contributed by atoms with van der Waals surface area (Å²) >= 11 is 0. The molecule has 2 aromatic carbocycles. The SMILES string of the molecule is CC(O)(C#CCCCO)c1ccc(Oc2ccc(F)cc2)cc1. The van der Waals surface area contributed by atoms with Crippen molar-refractivity contribution in [3.05, 3.63) is 59.9 Å². The maximum Gasteiger partial charge on any atom is 0.148 e. The molecule has 0 aromatic heterocycles. The molecule has 120 valence electrons. The molecular weight excluding hydrogens is 295 g/mol. The van der Waals surface area contributed by atoms with Gasteiger partial charge in [-0.05, 0) is 55.3 Å². The number of aliphatic hydroxyl groups is 2. The van der Waals surface area contributed by atoms with Gasteiger partial charge in [-0.15, -0.1) is 0 Å². The van der Waals surface area contributed by atoms with Gasteiger partial charge in [0.05, 0.1) is 0 Å². The van der Waals surface area contributed by atoms with Crippen LogP contribution in [0.3, 0.4) is 0 Å². The molecule has 1 unspecified atom stereocenters. The summed E-state index contributed by atoms with van der Waals surface area (Å²) in [6.07, 6.45) is 1.13. The van der Waals surface area contributed by atoms with Crippen LogP contribution < -0.4 is 4.74 Å². The summed E-state index contributed by atoms with van der Waals surface area (Å²) in [5, 5.41) is 19.1. The highest BCUT2D eigenvalue weighted by Gasteiger charge is 2.19. The zero-order valence-corrected chi connectivity index (χ0v) is 12.9. The standard InChI is InChI=1S/C19H19FO3/c1-19(22,13-3-2-4-14-21)15-5-9-17(10-6-15)23-18-11-7-16(20)8-12-18/h5-12,21-22H,2,4,14H2,1H3. The fourth-order valence-electron chi connectivity index (χ4n) is 1.96. The van der Waals surface area contributed by atoms with E-state index in [0.717, 1.165) is 0 Å². The van der Waals surface area contributed by atoms with Crippen LogP contribution in [0.1, 0.15) is 25.3 Å². The fourth-order valence-corrected chi connectivity index (χ4v) is 1.96. The molecule has 1 atom stereocenters. The molecule has 2 rings (SSSR count). The molecule has 0 radical (unpaired) electrons. The summed E-state index contributed by atoms with van der Waals surface area (Å²) in [6.45, 7) is 1.71. The van der Waals surface area contributed by atoms with Gasteiger partial charge in [0.15, 0.2) is 0 Å². The van der Waals surface area contributed by atoms with Crippen molar-refractivity contribution in [3.63, 3.8) is 0 Å². The highest BCUT2D eigenvalue weighted by Crippen LogP contribution is 2.26. The molecule has 0 aliphatic rings. The van der Waals surface area contributed by atoms with E-state index < -0.39 is 5.60 Å². The van der Waals surface area contributed by atoms with E-state index in [9.17, 15) is 9.50 Å². The van der Waals surface area contributed by atoms with Crippen molar-refractivity contribution in [2.75, 3.05) is 6.61 Å². The number of rotatable bonds is 5. The molecule has 0 aliphatic heterocycles. The average Bonchev–Trinajstić information content (AvgIpc) is 2.54. The number of benzene rings is 2. The number of aliphatic hydroxyl groups excluding tert-OH is 1. The van der Waals surface area contributed by atoms with Crippen LogP contribution in [-0.2, 0) is 5.60 Å². The van der Waals surface area contributed by atoms with Crippen molar-refractivity contribution in [2.24, 2.45) is 0 Å². The molecule has 23 heavy (non-hydrogen) atoms. The van der Waals surface area contributed by atoms with Crippen LogP contribution in [0.5, 0.6) is 11.5 Å². The summed E-state index contributed by atoms with van der Waals surface area (Å²) in [6, 6.07) is 12.7. The minimum atomic E-state index is -1.26. The Kier molecular flexibility index (Phi) is 5.75. The van der Waals surface area contributed by atoms with E-state index >= 15 is 0 Å². The highest BCUT2D eigenvalue weighted by atomic mass is 19.1. The monoisotopic (exact) mass is 314 g/mol. The first kappa shape index (κ1) is 17.0. The summed E-state index contributed by atoms with van der Waals surface area (Å²) < 4.78 is 18.5. The van der Waals surface area contributed by atoms with Crippen molar-refractivity contribution in [3.8, 4) is 23.3 Å². The lowest BCUT2D eigenvalue weighted by molar-refractivity contribution is 0.122. The topological polar surface area (TPSA) is 49.7 Å². The first-order chi connectivity index (χ1) is 11.0. The quantitative estimate of drug-likeness (QED) is 0.655. The molecule has 0 aliphatic carbocycles. The summed E-state index contributed by atoms with van der Waals surface area (Å²) in [7, 11) is 0. The Bertz CT molecular complexity index is 679. The zero-order chi connectivity index (χ0) is 16.7. The van der Waals surface area contributed by atoms with Crippen molar-refractivity contribution in [1.82, 2.24) is 0 Å². The normalized spacial score (nSPS) is 12.9. The third-order valence-electron chi connectivity index (χ3n) is 3.26. The Morgan fingerprint density at radius 3 is 2.17 bits per heavy atom. The van der Waals surface area contributed by atoms with Crippen LogP contribution >= 0.6 is 0 Å². The molecule has 3 nitrogen and oxygen atoms in total. The third-order valence-corrected chi connectivity index (χ3v) is 3.26. The lowest BCUT2D eigenvalue weighted by Crippen LogP contribution is -2.18. The van der Waals surface area contributed by atoms with Gasteiger partial charge < -0.3 is 14.9 Å². The number of halogens is 1. The van der Waals surface area contributed by atoms with E-state index in [0.29, 0.717) is 29.9 Å². The first-order valence-corrected chi connectivity index (χ1v) is 7.38. The maximum absolute atomic E-state index is 12.8. The Morgan fingerprint density at radius 2 is 1.61 bits per heavy atom.